The smallest absolute Gasteiger partial charge is 0.261 e. The van der Waals surface area contributed by atoms with Crippen molar-refractivity contribution in [2.24, 2.45) is 5.92 Å². The zero-order valence-corrected chi connectivity index (χ0v) is 18.4. The van der Waals surface area contributed by atoms with Crippen LogP contribution in [-0.2, 0) is 16.0 Å². The number of ether oxygens (including phenoxy) is 1. The molecule has 2 atom stereocenters. The molecule has 0 aromatic heterocycles. The number of carbonyl (C=O) groups excluding carboxylic acids is 2. The number of amides is 2. The van der Waals surface area contributed by atoms with Crippen molar-refractivity contribution < 1.29 is 18.7 Å². The molecule has 168 valence electrons. The fraction of sp³-hybridized carbons (Fsp3) is 0.462. The van der Waals surface area contributed by atoms with Crippen molar-refractivity contribution in [3.63, 3.8) is 0 Å². The van der Waals surface area contributed by atoms with Crippen molar-refractivity contribution in [1.82, 2.24) is 10.2 Å². The van der Waals surface area contributed by atoms with E-state index in [1.54, 1.807) is 6.07 Å². The maximum atomic E-state index is 14.1. The summed E-state index contributed by atoms with van der Waals surface area (Å²) in [6.45, 7) is 2.55. The Morgan fingerprint density at radius 1 is 1.16 bits per heavy atom. The zero-order valence-electron chi connectivity index (χ0n) is 18.4. The van der Waals surface area contributed by atoms with E-state index in [-0.39, 0.29) is 35.6 Å². The molecule has 2 amide bonds. The van der Waals surface area contributed by atoms with Gasteiger partial charge in [-0.1, -0.05) is 25.1 Å². The van der Waals surface area contributed by atoms with E-state index in [4.69, 9.17) is 4.74 Å². The number of fused-ring (bicyclic) bond motifs is 1. The van der Waals surface area contributed by atoms with Gasteiger partial charge in [0.15, 0.2) is 6.10 Å². The van der Waals surface area contributed by atoms with Gasteiger partial charge in [0.1, 0.15) is 11.6 Å². The Morgan fingerprint density at radius 3 is 2.66 bits per heavy atom. The topological polar surface area (TPSA) is 58.6 Å². The highest BCUT2D eigenvalue weighted by Crippen LogP contribution is 2.41. The summed E-state index contributed by atoms with van der Waals surface area (Å²) in [5, 5.41) is 3.01. The van der Waals surface area contributed by atoms with E-state index in [9.17, 15) is 14.0 Å². The van der Waals surface area contributed by atoms with Crippen molar-refractivity contribution in [3.05, 3.63) is 65.0 Å². The molecule has 5 rings (SSSR count). The second-order valence-electron chi connectivity index (χ2n) is 9.17. The van der Waals surface area contributed by atoms with Gasteiger partial charge in [-0.25, -0.2) is 4.39 Å². The van der Waals surface area contributed by atoms with E-state index in [0.29, 0.717) is 18.7 Å². The number of rotatable bonds is 7. The van der Waals surface area contributed by atoms with Gasteiger partial charge in [-0.15, -0.1) is 0 Å². The summed E-state index contributed by atoms with van der Waals surface area (Å²) in [7, 11) is 0. The largest absolute Gasteiger partial charge is 0.481 e. The first-order valence-corrected chi connectivity index (χ1v) is 11.7. The minimum absolute atomic E-state index is 0.0834. The lowest BCUT2D eigenvalue weighted by atomic mass is 9.87. The van der Waals surface area contributed by atoms with Crippen LogP contribution >= 0.6 is 0 Å². The Bertz CT molecular complexity index is 1030. The maximum Gasteiger partial charge on any atom is 0.261 e. The average molecular weight is 437 g/mol. The van der Waals surface area contributed by atoms with Crippen LogP contribution < -0.4 is 10.1 Å². The lowest BCUT2D eigenvalue weighted by Gasteiger charge is -2.38. The molecule has 2 unspecified atom stereocenters. The molecular weight excluding hydrogens is 407 g/mol. The lowest BCUT2D eigenvalue weighted by molar-refractivity contribution is -0.134. The Morgan fingerprint density at radius 2 is 1.97 bits per heavy atom. The Labute approximate surface area is 187 Å². The van der Waals surface area contributed by atoms with Crippen LogP contribution in [0.5, 0.6) is 5.75 Å². The SMILES string of the molecule is CCC(Oc1ccc2c(c1)C(c1cccc(F)c1)N(C(=O)C1CC1)CC2)C(=O)NC1CC1. The molecule has 0 spiro atoms. The van der Waals surface area contributed by atoms with Crippen LogP contribution in [0.1, 0.15) is 61.8 Å². The molecule has 0 bridgehead atoms. The van der Waals surface area contributed by atoms with E-state index in [0.717, 1.165) is 48.8 Å². The Hall–Kier alpha value is -2.89. The van der Waals surface area contributed by atoms with Crippen LogP contribution in [0.25, 0.3) is 0 Å². The molecular formula is C26H29FN2O3. The van der Waals surface area contributed by atoms with Crippen molar-refractivity contribution in [2.75, 3.05) is 6.54 Å². The van der Waals surface area contributed by atoms with E-state index < -0.39 is 6.10 Å². The molecule has 0 radical (unpaired) electrons. The van der Waals surface area contributed by atoms with Gasteiger partial charge >= 0.3 is 0 Å². The fourth-order valence-electron chi connectivity index (χ4n) is 4.51. The minimum atomic E-state index is -0.561. The van der Waals surface area contributed by atoms with E-state index in [1.165, 1.54) is 12.1 Å². The number of benzene rings is 2. The minimum Gasteiger partial charge on any atom is -0.481 e. The normalized spacial score (nSPS) is 20.9. The van der Waals surface area contributed by atoms with Crippen LogP contribution in [0.15, 0.2) is 42.5 Å². The van der Waals surface area contributed by atoms with E-state index >= 15 is 0 Å². The summed E-state index contributed by atoms with van der Waals surface area (Å²) < 4.78 is 20.2. The van der Waals surface area contributed by atoms with Gasteiger partial charge in [0, 0.05) is 18.5 Å². The summed E-state index contributed by atoms with van der Waals surface area (Å²) in [6, 6.07) is 12.3. The Kier molecular flexibility index (Phi) is 5.62. The summed E-state index contributed by atoms with van der Waals surface area (Å²) >= 11 is 0. The molecule has 2 aromatic rings. The third-order valence-electron chi connectivity index (χ3n) is 6.59. The van der Waals surface area contributed by atoms with Crippen LogP contribution in [0.2, 0.25) is 0 Å². The number of carbonyl (C=O) groups is 2. The standard InChI is InChI=1S/C26H29FN2O3/c1-2-23(25(30)28-20-9-10-20)32-21-11-8-16-12-13-29(26(31)17-6-7-17)24(22(16)15-21)18-4-3-5-19(27)14-18/h3-5,8,11,14-15,17,20,23-24H,2,6-7,9-10,12-13H2,1H3,(H,28,30). The van der Waals surface area contributed by atoms with Crippen molar-refractivity contribution in [3.8, 4) is 5.75 Å². The van der Waals surface area contributed by atoms with Gasteiger partial charge in [0.25, 0.3) is 5.91 Å². The average Bonchev–Trinajstić information content (AvgIpc) is 3.70. The van der Waals surface area contributed by atoms with Crippen LogP contribution in [-0.4, -0.2) is 35.4 Å². The zero-order chi connectivity index (χ0) is 22.2. The number of hydrogen-bond donors (Lipinski definition) is 1. The first-order valence-electron chi connectivity index (χ1n) is 11.7. The van der Waals surface area contributed by atoms with Gasteiger partial charge < -0.3 is 15.0 Å². The van der Waals surface area contributed by atoms with Gasteiger partial charge in [-0.2, -0.15) is 0 Å². The summed E-state index contributed by atoms with van der Waals surface area (Å²) in [6.07, 6.45) is 4.66. The van der Waals surface area contributed by atoms with Gasteiger partial charge in [0.2, 0.25) is 5.91 Å². The molecule has 32 heavy (non-hydrogen) atoms. The van der Waals surface area contributed by atoms with E-state index in [2.05, 4.69) is 5.32 Å². The predicted octanol–water partition coefficient (Wildman–Crippen LogP) is 4.15. The van der Waals surface area contributed by atoms with Crippen molar-refractivity contribution in [1.29, 1.82) is 0 Å². The summed E-state index contributed by atoms with van der Waals surface area (Å²) in [5.41, 5.74) is 2.84. The van der Waals surface area contributed by atoms with Crippen LogP contribution in [0.3, 0.4) is 0 Å². The third kappa shape index (κ3) is 4.36. The molecule has 2 saturated carbocycles. The van der Waals surface area contributed by atoms with Gasteiger partial charge in [-0.05, 0) is 79.5 Å². The molecule has 6 heteroatoms. The quantitative estimate of drug-likeness (QED) is 0.710. The molecule has 1 heterocycles. The second-order valence-corrected chi connectivity index (χ2v) is 9.17. The molecule has 5 nitrogen and oxygen atoms in total. The van der Waals surface area contributed by atoms with E-state index in [1.807, 2.05) is 36.1 Å². The molecule has 1 aliphatic heterocycles. The second kappa shape index (κ2) is 8.57. The third-order valence-corrected chi connectivity index (χ3v) is 6.59. The molecule has 2 fully saturated rings. The molecule has 3 aliphatic rings. The summed E-state index contributed by atoms with van der Waals surface area (Å²) in [5.74, 6) is 0.432. The number of halogens is 1. The lowest BCUT2D eigenvalue weighted by Crippen LogP contribution is -2.41. The Balaban J connectivity index is 1.47. The molecule has 1 N–H and O–H groups in total. The summed E-state index contributed by atoms with van der Waals surface area (Å²) in [4.78, 5) is 27.5. The highest BCUT2D eigenvalue weighted by molar-refractivity contribution is 5.83. The first-order chi connectivity index (χ1) is 15.5. The molecule has 2 aliphatic carbocycles. The highest BCUT2D eigenvalue weighted by Gasteiger charge is 2.40. The predicted molar refractivity (Wildman–Crippen MR) is 119 cm³/mol. The number of hydrogen-bond acceptors (Lipinski definition) is 3. The first kappa shape index (κ1) is 21.0. The highest BCUT2D eigenvalue weighted by atomic mass is 19.1. The number of nitrogens with zero attached hydrogens (tertiary/aromatic N) is 1. The van der Waals surface area contributed by atoms with Crippen LogP contribution in [0, 0.1) is 11.7 Å². The van der Waals surface area contributed by atoms with Crippen molar-refractivity contribution in [2.45, 2.75) is 63.6 Å². The monoisotopic (exact) mass is 436 g/mol. The van der Waals surface area contributed by atoms with Gasteiger partial charge in [0.05, 0.1) is 6.04 Å². The fourth-order valence-corrected chi connectivity index (χ4v) is 4.51. The van der Waals surface area contributed by atoms with Crippen LogP contribution in [0.4, 0.5) is 4.39 Å². The number of nitrogens with one attached hydrogen (secondary N) is 1. The van der Waals surface area contributed by atoms with Crippen molar-refractivity contribution >= 4 is 11.8 Å². The maximum absolute atomic E-state index is 14.1. The molecule has 0 saturated heterocycles. The van der Waals surface area contributed by atoms with Gasteiger partial charge in [-0.3, -0.25) is 9.59 Å². The molecule has 2 aromatic carbocycles.